The summed E-state index contributed by atoms with van der Waals surface area (Å²) in [6, 6.07) is 3.34. The van der Waals surface area contributed by atoms with Crippen molar-refractivity contribution in [3.05, 3.63) is 29.3 Å². The number of benzene rings is 1. The molecule has 0 spiro atoms. The summed E-state index contributed by atoms with van der Waals surface area (Å²) < 4.78 is 0. The fourth-order valence-corrected chi connectivity index (χ4v) is 1.66. The molecule has 0 aliphatic carbocycles. The summed E-state index contributed by atoms with van der Waals surface area (Å²) in [5.74, 6) is -1.84. The van der Waals surface area contributed by atoms with Gasteiger partial charge in [-0.25, -0.2) is 0 Å². The third-order valence-corrected chi connectivity index (χ3v) is 2.71. The lowest BCUT2D eigenvalue weighted by Gasteiger charge is -2.12. The zero-order valence-corrected chi connectivity index (χ0v) is 11.2. The lowest BCUT2D eigenvalue weighted by molar-refractivity contribution is -0.117. The number of primary amides is 2. The Morgan fingerprint density at radius 2 is 1.60 bits per heavy atom. The van der Waals surface area contributed by atoms with Gasteiger partial charge in [-0.3, -0.25) is 14.4 Å². The van der Waals surface area contributed by atoms with Crippen LogP contribution in [-0.4, -0.2) is 23.8 Å². The molecule has 0 unspecified atom stereocenters. The van der Waals surface area contributed by atoms with Crippen molar-refractivity contribution in [2.45, 2.75) is 25.8 Å². The summed E-state index contributed by atoms with van der Waals surface area (Å²) >= 11 is 0. The molecule has 0 aliphatic heterocycles. The molecule has 108 valence electrons. The van der Waals surface area contributed by atoms with E-state index in [0.29, 0.717) is 6.42 Å². The summed E-state index contributed by atoms with van der Waals surface area (Å²) in [4.78, 5) is 34.2. The van der Waals surface area contributed by atoms with Crippen LogP contribution in [-0.2, 0) is 4.79 Å². The van der Waals surface area contributed by atoms with Crippen LogP contribution in [0.5, 0.6) is 0 Å². The summed E-state index contributed by atoms with van der Waals surface area (Å²) in [5, 5.41) is 2.54. The third-order valence-electron chi connectivity index (χ3n) is 2.71. The largest absolute Gasteiger partial charge is 0.366 e. The van der Waals surface area contributed by atoms with Gasteiger partial charge in [0.15, 0.2) is 0 Å². The Balaban J connectivity index is 3.02. The van der Waals surface area contributed by atoms with E-state index in [9.17, 15) is 14.4 Å². The highest BCUT2D eigenvalue weighted by molar-refractivity contribution is 6.02. The molecule has 0 aliphatic rings. The van der Waals surface area contributed by atoms with Crippen LogP contribution in [0.3, 0.4) is 0 Å². The Labute approximate surface area is 116 Å². The van der Waals surface area contributed by atoms with Gasteiger partial charge in [0, 0.05) is 16.8 Å². The molecule has 7 heteroatoms. The van der Waals surface area contributed by atoms with E-state index < -0.39 is 23.8 Å². The van der Waals surface area contributed by atoms with E-state index in [1.807, 2.05) is 6.92 Å². The number of amides is 3. The average molecular weight is 278 g/mol. The molecule has 0 saturated carbocycles. The van der Waals surface area contributed by atoms with Gasteiger partial charge in [0.1, 0.15) is 0 Å². The number of nitrogens with two attached hydrogens (primary N) is 3. The molecule has 7 N–H and O–H groups in total. The molecule has 0 saturated heterocycles. The van der Waals surface area contributed by atoms with E-state index in [1.54, 1.807) is 0 Å². The molecule has 0 aromatic heterocycles. The molecule has 1 rings (SSSR count). The minimum absolute atomic E-state index is 0.0839. The van der Waals surface area contributed by atoms with E-state index >= 15 is 0 Å². The quantitative estimate of drug-likeness (QED) is 0.578. The number of hydrogen-bond donors (Lipinski definition) is 4. The first-order valence-corrected chi connectivity index (χ1v) is 6.16. The van der Waals surface area contributed by atoms with Crippen LogP contribution in [0.1, 0.15) is 40.5 Å². The molecule has 20 heavy (non-hydrogen) atoms. The maximum atomic E-state index is 11.8. The predicted octanol–water partition coefficient (Wildman–Crippen LogP) is -0.0497. The van der Waals surface area contributed by atoms with Gasteiger partial charge in [0.2, 0.25) is 17.7 Å². The first-order chi connectivity index (χ1) is 9.35. The number of carbonyl (C=O) groups excluding carboxylic acids is 3. The smallest absolute Gasteiger partial charge is 0.248 e. The van der Waals surface area contributed by atoms with Crippen molar-refractivity contribution >= 4 is 23.4 Å². The first-order valence-electron chi connectivity index (χ1n) is 6.16. The molecule has 7 nitrogen and oxygen atoms in total. The van der Waals surface area contributed by atoms with Gasteiger partial charge in [-0.05, 0) is 24.6 Å². The van der Waals surface area contributed by atoms with Crippen LogP contribution in [0.2, 0.25) is 0 Å². The third kappa shape index (κ3) is 4.06. The molecular formula is C13H18N4O3. The second-order valence-electron chi connectivity index (χ2n) is 4.41. The minimum atomic E-state index is -0.721. The maximum absolute atomic E-state index is 11.8. The number of rotatable bonds is 6. The predicted molar refractivity (Wildman–Crippen MR) is 75.0 cm³/mol. The molecule has 0 heterocycles. The molecule has 1 aromatic rings. The highest BCUT2D eigenvalue weighted by Crippen LogP contribution is 2.15. The van der Waals surface area contributed by atoms with Gasteiger partial charge in [0.25, 0.3) is 0 Å². The van der Waals surface area contributed by atoms with Gasteiger partial charge in [-0.15, -0.1) is 0 Å². The SMILES string of the molecule is CCC[C@H](N)C(=O)Nc1cc(C(N)=O)cc(C(N)=O)c1. The first kappa shape index (κ1) is 15.6. The van der Waals surface area contributed by atoms with Crippen molar-refractivity contribution in [1.82, 2.24) is 0 Å². The fourth-order valence-electron chi connectivity index (χ4n) is 1.66. The van der Waals surface area contributed by atoms with E-state index in [4.69, 9.17) is 17.2 Å². The monoisotopic (exact) mass is 278 g/mol. The Kier molecular flexibility index (Phi) is 5.22. The zero-order chi connectivity index (χ0) is 15.3. The van der Waals surface area contributed by atoms with Gasteiger partial charge in [-0.1, -0.05) is 13.3 Å². The van der Waals surface area contributed by atoms with Gasteiger partial charge >= 0.3 is 0 Å². The molecule has 1 atom stereocenters. The van der Waals surface area contributed by atoms with Crippen molar-refractivity contribution in [2.24, 2.45) is 17.2 Å². The van der Waals surface area contributed by atoms with Crippen LogP contribution >= 0.6 is 0 Å². The molecule has 0 bridgehead atoms. The second-order valence-corrected chi connectivity index (χ2v) is 4.41. The normalized spacial score (nSPS) is 11.7. The van der Waals surface area contributed by atoms with Gasteiger partial charge in [0.05, 0.1) is 6.04 Å². The number of hydrogen-bond acceptors (Lipinski definition) is 4. The number of carbonyl (C=O) groups is 3. The second kappa shape index (κ2) is 6.67. The van der Waals surface area contributed by atoms with E-state index in [0.717, 1.165) is 6.42 Å². The van der Waals surface area contributed by atoms with Crippen LogP contribution < -0.4 is 22.5 Å². The van der Waals surface area contributed by atoms with Crippen molar-refractivity contribution in [1.29, 1.82) is 0 Å². The minimum Gasteiger partial charge on any atom is -0.366 e. The van der Waals surface area contributed by atoms with Crippen molar-refractivity contribution in [3.63, 3.8) is 0 Å². The van der Waals surface area contributed by atoms with Crippen molar-refractivity contribution in [3.8, 4) is 0 Å². The average Bonchev–Trinajstić information content (AvgIpc) is 2.38. The van der Waals surface area contributed by atoms with Crippen LogP contribution in [0.25, 0.3) is 0 Å². The molecular weight excluding hydrogens is 260 g/mol. The van der Waals surface area contributed by atoms with Crippen LogP contribution in [0, 0.1) is 0 Å². The van der Waals surface area contributed by atoms with Crippen molar-refractivity contribution in [2.75, 3.05) is 5.32 Å². The number of anilines is 1. The zero-order valence-electron chi connectivity index (χ0n) is 11.2. The maximum Gasteiger partial charge on any atom is 0.248 e. The van der Waals surface area contributed by atoms with E-state index in [-0.39, 0.29) is 16.8 Å². The summed E-state index contributed by atoms with van der Waals surface area (Å²) in [6.45, 7) is 1.91. The Morgan fingerprint density at radius 3 is 2.00 bits per heavy atom. The summed E-state index contributed by atoms with van der Waals surface area (Å²) in [6.07, 6.45) is 1.30. The molecule has 0 fully saturated rings. The lowest BCUT2D eigenvalue weighted by Crippen LogP contribution is -2.35. The number of nitrogens with one attached hydrogen (secondary N) is 1. The summed E-state index contributed by atoms with van der Waals surface area (Å²) in [7, 11) is 0. The lowest BCUT2D eigenvalue weighted by atomic mass is 10.1. The molecule has 0 radical (unpaired) electrons. The van der Waals surface area contributed by atoms with E-state index in [2.05, 4.69) is 5.32 Å². The van der Waals surface area contributed by atoms with Crippen LogP contribution in [0.15, 0.2) is 18.2 Å². The highest BCUT2D eigenvalue weighted by Gasteiger charge is 2.15. The highest BCUT2D eigenvalue weighted by atomic mass is 16.2. The van der Waals surface area contributed by atoms with E-state index in [1.165, 1.54) is 18.2 Å². The molecule has 3 amide bonds. The van der Waals surface area contributed by atoms with Gasteiger partial charge < -0.3 is 22.5 Å². The van der Waals surface area contributed by atoms with Gasteiger partial charge in [-0.2, -0.15) is 0 Å². The standard InChI is InChI=1S/C13H18N4O3/c1-2-3-10(14)13(20)17-9-5-7(11(15)18)4-8(6-9)12(16)19/h4-6,10H,2-3,14H2,1H3,(H2,15,18)(H2,16,19)(H,17,20)/t10-/m0/s1. The Hall–Kier alpha value is -2.41. The fraction of sp³-hybridized carbons (Fsp3) is 0.308. The van der Waals surface area contributed by atoms with Crippen molar-refractivity contribution < 1.29 is 14.4 Å². The molecule has 1 aromatic carbocycles. The summed E-state index contributed by atoms with van der Waals surface area (Å²) in [5.41, 5.74) is 16.4. The topological polar surface area (TPSA) is 141 Å². The van der Waals surface area contributed by atoms with Crippen LogP contribution in [0.4, 0.5) is 5.69 Å². The Bertz CT molecular complexity index is 510. The Morgan fingerprint density at radius 1 is 1.10 bits per heavy atom.